The van der Waals surface area contributed by atoms with Crippen LogP contribution in [0.4, 0.5) is 0 Å². The summed E-state index contributed by atoms with van der Waals surface area (Å²) in [5, 5.41) is 3.71. The summed E-state index contributed by atoms with van der Waals surface area (Å²) in [6.07, 6.45) is 8.11. The van der Waals surface area contributed by atoms with Crippen molar-refractivity contribution in [3.8, 4) is 5.69 Å². The van der Waals surface area contributed by atoms with Gasteiger partial charge in [0, 0.05) is 36.7 Å². The zero-order valence-electron chi connectivity index (χ0n) is 13.6. The van der Waals surface area contributed by atoms with Crippen molar-refractivity contribution in [2.24, 2.45) is 0 Å². The summed E-state index contributed by atoms with van der Waals surface area (Å²) in [6.45, 7) is 7.96. The molecule has 0 radical (unpaired) electrons. The highest BCUT2D eigenvalue weighted by atomic mass is 15.2. The third-order valence-corrected chi connectivity index (χ3v) is 4.59. The van der Waals surface area contributed by atoms with Crippen LogP contribution in [0, 0.1) is 0 Å². The Kier molecular flexibility index (Phi) is 4.90. The summed E-state index contributed by atoms with van der Waals surface area (Å²) in [6, 6.07) is 10.0. The molecule has 0 bridgehead atoms. The van der Waals surface area contributed by atoms with E-state index in [1.807, 2.05) is 17.1 Å². The first kappa shape index (κ1) is 15.3. The van der Waals surface area contributed by atoms with Gasteiger partial charge in [0.25, 0.3) is 0 Å². The van der Waals surface area contributed by atoms with Crippen LogP contribution in [0.5, 0.6) is 0 Å². The van der Waals surface area contributed by atoms with Gasteiger partial charge in [0.05, 0.1) is 6.33 Å². The van der Waals surface area contributed by atoms with Gasteiger partial charge >= 0.3 is 0 Å². The van der Waals surface area contributed by atoms with Crippen LogP contribution in [0.25, 0.3) is 5.69 Å². The van der Waals surface area contributed by atoms with Crippen LogP contribution in [0.1, 0.15) is 32.3 Å². The van der Waals surface area contributed by atoms with Crippen molar-refractivity contribution in [2.45, 2.75) is 45.3 Å². The fourth-order valence-electron chi connectivity index (χ4n) is 3.08. The van der Waals surface area contributed by atoms with E-state index < -0.39 is 0 Å². The molecule has 1 saturated heterocycles. The van der Waals surface area contributed by atoms with Crippen molar-refractivity contribution >= 4 is 0 Å². The predicted octanol–water partition coefficient (Wildman–Crippen LogP) is 2.83. The van der Waals surface area contributed by atoms with E-state index >= 15 is 0 Å². The molecule has 118 valence electrons. The second-order valence-corrected chi connectivity index (χ2v) is 6.42. The Morgan fingerprint density at radius 2 is 1.91 bits per heavy atom. The van der Waals surface area contributed by atoms with E-state index in [1.54, 1.807) is 6.20 Å². The smallest absolute Gasteiger partial charge is 0.0991 e. The topological polar surface area (TPSA) is 33.1 Å². The number of aromatic nitrogens is 2. The quantitative estimate of drug-likeness (QED) is 0.921. The first-order valence-electron chi connectivity index (χ1n) is 8.27. The predicted molar refractivity (Wildman–Crippen MR) is 90.1 cm³/mol. The summed E-state index contributed by atoms with van der Waals surface area (Å²) in [4.78, 5) is 6.65. The monoisotopic (exact) mass is 298 g/mol. The molecule has 1 aromatic carbocycles. The van der Waals surface area contributed by atoms with Crippen molar-refractivity contribution in [3.63, 3.8) is 0 Å². The Hall–Kier alpha value is -1.65. The fourth-order valence-corrected chi connectivity index (χ4v) is 3.08. The first-order chi connectivity index (χ1) is 10.7. The van der Waals surface area contributed by atoms with Crippen molar-refractivity contribution in [1.29, 1.82) is 0 Å². The Morgan fingerprint density at radius 3 is 2.50 bits per heavy atom. The number of likely N-dealkylation sites (tertiary alicyclic amines) is 1. The Morgan fingerprint density at radius 1 is 1.18 bits per heavy atom. The molecule has 0 amide bonds. The van der Waals surface area contributed by atoms with Gasteiger partial charge in [-0.1, -0.05) is 12.1 Å². The second-order valence-electron chi connectivity index (χ2n) is 6.42. The number of nitrogens with one attached hydrogen (secondary N) is 1. The van der Waals surface area contributed by atoms with E-state index in [9.17, 15) is 0 Å². The van der Waals surface area contributed by atoms with Gasteiger partial charge in [-0.25, -0.2) is 4.98 Å². The molecular formula is C18H26N4. The van der Waals surface area contributed by atoms with Crippen LogP contribution in [0.2, 0.25) is 0 Å². The van der Waals surface area contributed by atoms with Crippen molar-refractivity contribution in [3.05, 3.63) is 48.5 Å². The molecule has 0 atom stereocenters. The molecule has 1 aromatic heterocycles. The molecule has 22 heavy (non-hydrogen) atoms. The van der Waals surface area contributed by atoms with Gasteiger partial charge in [0.2, 0.25) is 0 Å². The van der Waals surface area contributed by atoms with Crippen LogP contribution in [-0.2, 0) is 6.54 Å². The maximum absolute atomic E-state index is 4.08. The summed E-state index contributed by atoms with van der Waals surface area (Å²) < 4.78 is 2.03. The number of hydrogen-bond donors (Lipinski definition) is 1. The molecule has 1 N–H and O–H groups in total. The molecule has 4 heteroatoms. The Bertz CT molecular complexity index is 551. The lowest BCUT2D eigenvalue weighted by molar-refractivity contribution is 0.161. The zero-order valence-corrected chi connectivity index (χ0v) is 13.6. The van der Waals surface area contributed by atoms with Crippen molar-refractivity contribution < 1.29 is 0 Å². The number of benzene rings is 1. The van der Waals surface area contributed by atoms with Gasteiger partial charge in [0.1, 0.15) is 0 Å². The number of imidazole rings is 1. The fraction of sp³-hybridized carbons (Fsp3) is 0.500. The second kappa shape index (κ2) is 7.07. The van der Waals surface area contributed by atoms with E-state index in [0.717, 1.165) is 12.2 Å². The van der Waals surface area contributed by atoms with Crippen LogP contribution in [0.3, 0.4) is 0 Å². The SMILES string of the molecule is CC(C)N1CCC(NCc2ccc(-n3ccnc3)cc2)CC1. The standard InChI is InChI=1S/C18H26N4/c1-15(2)21-10-7-17(8-11-21)20-13-16-3-5-18(6-4-16)22-12-9-19-14-22/h3-6,9,12,14-15,17,20H,7-8,10-11,13H2,1-2H3. The van der Waals surface area contributed by atoms with E-state index in [2.05, 4.69) is 53.3 Å². The molecule has 0 unspecified atom stereocenters. The van der Waals surface area contributed by atoms with Crippen molar-refractivity contribution in [1.82, 2.24) is 19.8 Å². The van der Waals surface area contributed by atoms with Gasteiger partial charge in [-0.05, 0) is 57.5 Å². The molecule has 2 heterocycles. The minimum atomic E-state index is 0.656. The van der Waals surface area contributed by atoms with Gasteiger partial charge in [-0.3, -0.25) is 0 Å². The first-order valence-corrected chi connectivity index (χ1v) is 8.27. The lowest BCUT2D eigenvalue weighted by atomic mass is 10.0. The molecule has 1 aliphatic heterocycles. The summed E-state index contributed by atoms with van der Waals surface area (Å²) in [5.74, 6) is 0. The van der Waals surface area contributed by atoms with Gasteiger partial charge in [0.15, 0.2) is 0 Å². The maximum Gasteiger partial charge on any atom is 0.0991 e. The van der Waals surface area contributed by atoms with Crippen LogP contribution >= 0.6 is 0 Å². The summed E-state index contributed by atoms with van der Waals surface area (Å²) in [7, 11) is 0. The van der Waals surface area contributed by atoms with Gasteiger partial charge in [-0.15, -0.1) is 0 Å². The van der Waals surface area contributed by atoms with E-state index in [0.29, 0.717) is 12.1 Å². The molecule has 0 saturated carbocycles. The largest absolute Gasteiger partial charge is 0.310 e. The highest BCUT2D eigenvalue weighted by molar-refractivity contribution is 5.34. The molecule has 0 aliphatic carbocycles. The Balaban J connectivity index is 1.48. The van der Waals surface area contributed by atoms with Crippen LogP contribution in [-0.4, -0.2) is 39.6 Å². The van der Waals surface area contributed by atoms with Crippen LogP contribution < -0.4 is 5.32 Å². The number of nitrogens with zero attached hydrogens (tertiary/aromatic N) is 3. The van der Waals surface area contributed by atoms with Crippen molar-refractivity contribution in [2.75, 3.05) is 13.1 Å². The summed E-state index contributed by atoms with van der Waals surface area (Å²) >= 11 is 0. The third kappa shape index (κ3) is 3.76. The molecule has 1 fully saturated rings. The van der Waals surface area contributed by atoms with E-state index in [4.69, 9.17) is 0 Å². The molecule has 3 rings (SSSR count). The number of piperidine rings is 1. The number of rotatable bonds is 5. The minimum Gasteiger partial charge on any atom is -0.310 e. The molecule has 4 nitrogen and oxygen atoms in total. The summed E-state index contributed by atoms with van der Waals surface area (Å²) in [5.41, 5.74) is 2.50. The zero-order chi connectivity index (χ0) is 15.4. The molecular weight excluding hydrogens is 272 g/mol. The lowest BCUT2D eigenvalue weighted by Crippen LogP contribution is -2.44. The van der Waals surface area contributed by atoms with Crippen LogP contribution in [0.15, 0.2) is 43.0 Å². The lowest BCUT2D eigenvalue weighted by Gasteiger charge is -2.35. The molecule has 2 aromatic rings. The highest BCUT2D eigenvalue weighted by Crippen LogP contribution is 2.14. The van der Waals surface area contributed by atoms with E-state index in [1.165, 1.54) is 31.5 Å². The van der Waals surface area contributed by atoms with Gasteiger partial charge < -0.3 is 14.8 Å². The average molecular weight is 298 g/mol. The molecule has 0 spiro atoms. The van der Waals surface area contributed by atoms with E-state index in [-0.39, 0.29) is 0 Å². The minimum absolute atomic E-state index is 0.656. The third-order valence-electron chi connectivity index (χ3n) is 4.59. The maximum atomic E-state index is 4.08. The Labute approximate surface area is 133 Å². The average Bonchev–Trinajstić information content (AvgIpc) is 3.08. The number of hydrogen-bond acceptors (Lipinski definition) is 3. The molecule has 1 aliphatic rings. The normalized spacial score (nSPS) is 17.2. The van der Waals surface area contributed by atoms with Gasteiger partial charge in [-0.2, -0.15) is 0 Å². The highest BCUT2D eigenvalue weighted by Gasteiger charge is 2.20.